The molecule has 1 aromatic heterocycles. The third-order valence-electron chi connectivity index (χ3n) is 3.28. The van der Waals surface area contributed by atoms with E-state index in [0.717, 1.165) is 34.6 Å². The quantitative estimate of drug-likeness (QED) is 0.757. The Morgan fingerprint density at radius 1 is 0.952 bits per heavy atom. The van der Waals surface area contributed by atoms with Crippen LogP contribution in [0.15, 0.2) is 60.7 Å². The van der Waals surface area contributed by atoms with Crippen molar-refractivity contribution in [3.63, 3.8) is 0 Å². The Balaban J connectivity index is 1.68. The summed E-state index contributed by atoms with van der Waals surface area (Å²) in [5.74, 6) is 0.853. The summed E-state index contributed by atoms with van der Waals surface area (Å²) in [6.45, 7) is 3.47. The van der Waals surface area contributed by atoms with Gasteiger partial charge in [-0.25, -0.2) is 4.98 Å². The van der Waals surface area contributed by atoms with Crippen LogP contribution in [0.3, 0.4) is 0 Å². The van der Waals surface area contributed by atoms with Gasteiger partial charge in [0.15, 0.2) is 0 Å². The van der Waals surface area contributed by atoms with Gasteiger partial charge in [-0.2, -0.15) is 0 Å². The third kappa shape index (κ3) is 3.31. The van der Waals surface area contributed by atoms with Crippen LogP contribution in [0.25, 0.3) is 10.9 Å². The smallest absolute Gasteiger partial charge is 0.130 e. The van der Waals surface area contributed by atoms with Gasteiger partial charge >= 0.3 is 0 Å². The molecule has 0 radical (unpaired) electrons. The zero-order chi connectivity index (χ0) is 14.5. The number of nitrogens with zero attached hydrogens (tertiary/aromatic N) is 1. The molecule has 3 aromatic rings. The summed E-state index contributed by atoms with van der Waals surface area (Å²) >= 11 is 0. The van der Waals surface area contributed by atoms with Crippen LogP contribution >= 0.6 is 0 Å². The van der Waals surface area contributed by atoms with Crippen molar-refractivity contribution in [3.05, 3.63) is 66.4 Å². The van der Waals surface area contributed by atoms with Gasteiger partial charge in [0.2, 0.25) is 0 Å². The van der Waals surface area contributed by atoms with Crippen LogP contribution in [0.1, 0.15) is 12.6 Å². The van der Waals surface area contributed by atoms with E-state index in [0.29, 0.717) is 6.61 Å². The van der Waals surface area contributed by atoms with Gasteiger partial charge in [-0.15, -0.1) is 0 Å². The number of hydrogen-bond donors (Lipinski definition) is 1. The number of benzene rings is 2. The van der Waals surface area contributed by atoms with Crippen LogP contribution in [0.2, 0.25) is 0 Å². The molecule has 0 bridgehead atoms. The van der Waals surface area contributed by atoms with Gasteiger partial charge < -0.3 is 10.1 Å². The standard InChI is InChI=1S/C18H18N2O/c1-2-19-15-9-11-17(12-10-15)21-13-16-8-7-14-5-3-4-6-18(14)20-16/h3-12,19H,2,13H2,1H3. The van der Waals surface area contributed by atoms with Gasteiger partial charge in [-0.05, 0) is 43.3 Å². The van der Waals surface area contributed by atoms with Crippen LogP contribution in [0.4, 0.5) is 5.69 Å². The van der Waals surface area contributed by atoms with Crippen LogP contribution < -0.4 is 10.1 Å². The molecule has 1 heterocycles. The number of hydrogen-bond acceptors (Lipinski definition) is 3. The van der Waals surface area contributed by atoms with Crippen LogP contribution in [0, 0.1) is 0 Å². The Morgan fingerprint density at radius 3 is 2.57 bits per heavy atom. The molecule has 2 aromatic carbocycles. The molecule has 0 spiro atoms. The largest absolute Gasteiger partial charge is 0.487 e. The maximum atomic E-state index is 5.78. The summed E-state index contributed by atoms with van der Waals surface area (Å²) in [4.78, 5) is 4.60. The molecule has 3 heteroatoms. The summed E-state index contributed by atoms with van der Waals surface area (Å²) in [7, 11) is 0. The Bertz CT molecular complexity index is 723. The van der Waals surface area contributed by atoms with Gasteiger partial charge in [0.1, 0.15) is 12.4 Å². The van der Waals surface area contributed by atoms with Gasteiger partial charge in [-0.1, -0.05) is 24.3 Å². The van der Waals surface area contributed by atoms with E-state index in [1.807, 2.05) is 48.5 Å². The fourth-order valence-electron chi connectivity index (χ4n) is 2.22. The number of pyridine rings is 1. The zero-order valence-electron chi connectivity index (χ0n) is 12.0. The highest BCUT2D eigenvalue weighted by Gasteiger charge is 2.00. The molecule has 0 fully saturated rings. The third-order valence-corrected chi connectivity index (χ3v) is 3.28. The monoisotopic (exact) mass is 278 g/mol. The Kier molecular flexibility index (Phi) is 4.01. The molecular weight excluding hydrogens is 260 g/mol. The molecule has 0 amide bonds. The molecule has 0 aliphatic carbocycles. The minimum atomic E-state index is 0.478. The predicted molar refractivity (Wildman–Crippen MR) is 86.7 cm³/mol. The summed E-state index contributed by atoms with van der Waals surface area (Å²) in [5.41, 5.74) is 3.04. The molecular formula is C18H18N2O. The lowest BCUT2D eigenvalue weighted by atomic mass is 10.2. The number of fused-ring (bicyclic) bond motifs is 1. The van der Waals surface area contributed by atoms with E-state index >= 15 is 0 Å². The lowest BCUT2D eigenvalue weighted by Gasteiger charge is -2.08. The second kappa shape index (κ2) is 6.27. The van der Waals surface area contributed by atoms with Crippen molar-refractivity contribution in [1.82, 2.24) is 4.98 Å². The maximum Gasteiger partial charge on any atom is 0.130 e. The first-order valence-electron chi connectivity index (χ1n) is 7.16. The summed E-state index contributed by atoms with van der Waals surface area (Å²) in [6.07, 6.45) is 0. The molecule has 0 aliphatic rings. The first kappa shape index (κ1) is 13.4. The SMILES string of the molecule is CCNc1ccc(OCc2ccc3ccccc3n2)cc1. The Hall–Kier alpha value is -2.55. The number of anilines is 1. The van der Waals surface area contributed by atoms with E-state index in [-0.39, 0.29) is 0 Å². The average Bonchev–Trinajstić information content (AvgIpc) is 2.54. The molecule has 1 N–H and O–H groups in total. The maximum absolute atomic E-state index is 5.78. The van der Waals surface area contributed by atoms with Gasteiger partial charge in [0.25, 0.3) is 0 Å². The van der Waals surface area contributed by atoms with Gasteiger partial charge in [0, 0.05) is 17.6 Å². The fourth-order valence-corrected chi connectivity index (χ4v) is 2.22. The Morgan fingerprint density at radius 2 is 1.76 bits per heavy atom. The van der Waals surface area contributed by atoms with Crippen molar-refractivity contribution >= 4 is 16.6 Å². The minimum absolute atomic E-state index is 0.478. The minimum Gasteiger partial charge on any atom is -0.487 e. The molecule has 0 aliphatic heterocycles. The second-order valence-electron chi connectivity index (χ2n) is 4.84. The number of nitrogens with one attached hydrogen (secondary N) is 1. The normalized spacial score (nSPS) is 10.5. The van der Waals surface area contributed by atoms with Crippen molar-refractivity contribution in [3.8, 4) is 5.75 Å². The number of aromatic nitrogens is 1. The van der Waals surface area contributed by atoms with Crippen molar-refractivity contribution in [2.45, 2.75) is 13.5 Å². The van der Waals surface area contributed by atoms with Gasteiger partial charge in [-0.3, -0.25) is 0 Å². The highest BCUT2D eigenvalue weighted by molar-refractivity contribution is 5.78. The molecule has 3 nitrogen and oxygen atoms in total. The van der Waals surface area contributed by atoms with E-state index in [1.54, 1.807) is 0 Å². The molecule has 0 saturated carbocycles. The van der Waals surface area contributed by atoms with Gasteiger partial charge in [0.05, 0.1) is 11.2 Å². The molecule has 0 saturated heterocycles. The topological polar surface area (TPSA) is 34.1 Å². The number of ether oxygens (including phenoxy) is 1. The van der Waals surface area contributed by atoms with Crippen molar-refractivity contribution in [2.75, 3.05) is 11.9 Å². The van der Waals surface area contributed by atoms with E-state index in [4.69, 9.17) is 4.74 Å². The summed E-state index contributed by atoms with van der Waals surface area (Å²) < 4.78 is 5.78. The summed E-state index contributed by atoms with van der Waals surface area (Å²) in [6, 6.07) is 20.2. The first-order valence-corrected chi connectivity index (χ1v) is 7.16. The first-order chi connectivity index (χ1) is 10.3. The second-order valence-corrected chi connectivity index (χ2v) is 4.84. The predicted octanol–water partition coefficient (Wildman–Crippen LogP) is 4.25. The van der Waals surface area contributed by atoms with Crippen molar-refractivity contribution in [1.29, 1.82) is 0 Å². The zero-order valence-corrected chi connectivity index (χ0v) is 12.0. The molecule has 3 rings (SSSR count). The van der Waals surface area contributed by atoms with Crippen molar-refractivity contribution in [2.24, 2.45) is 0 Å². The number of rotatable bonds is 5. The highest BCUT2D eigenvalue weighted by atomic mass is 16.5. The van der Waals surface area contributed by atoms with E-state index < -0.39 is 0 Å². The van der Waals surface area contributed by atoms with Crippen LogP contribution in [-0.4, -0.2) is 11.5 Å². The molecule has 21 heavy (non-hydrogen) atoms. The highest BCUT2D eigenvalue weighted by Crippen LogP contribution is 2.17. The molecule has 0 unspecified atom stereocenters. The van der Waals surface area contributed by atoms with E-state index in [9.17, 15) is 0 Å². The van der Waals surface area contributed by atoms with Crippen LogP contribution in [-0.2, 0) is 6.61 Å². The summed E-state index contributed by atoms with van der Waals surface area (Å²) in [5, 5.41) is 4.41. The number of para-hydroxylation sites is 1. The van der Waals surface area contributed by atoms with E-state index in [2.05, 4.69) is 29.4 Å². The Labute approximate surface area is 124 Å². The average molecular weight is 278 g/mol. The molecule has 0 atom stereocenters. The lowest BCUT2D eigenvalue weighted by Crippen LogP contribution is -1.99. The fraction of sp³-hybridized carbons (Fsp3) is 0.167. The van der Waals surface area contributed by atoms with Crippen molar-refractivity contribution < 1.29 is 4.74 Å². The molecule has 106 valence electrons. The lowest BCUT2D eigenvalue weighted by molar-refractivity contribution is 0.302. The van der Waals surface area contributed by atoms with Crippen LogP contribution in [0.5, 0.6) is 5.75 Å². The van der Waals surface area contributed by atoms with E-state index in [1.165, 1.54) is 0 Å².